The minimum atomic E-state index is -0.847. The summed E-state index contributed by atoms with van der Waals surface area (Å²) in [5, 5.41) is 25.2. The number of rotatable bonds is 3. The summed E-state index contributed by atoms with van der Waals surface area (Å²) in [6, 6.07) is 4.60. The van der Waals surface area contributed by atoms with Gasteiger partial charge in [-0.05, 0) is 43.7 Å². The van der Waals surface area contributed by atoms with Gasteiger partial charge in [0.25, 0.3) is 5.91 Å². The van der Waals surface area contributed by atoms with Crippen LogP contribution in [0.3, 0.4) is 0 Å². The molecule has 0 radical (unpaired) electrons. The van der Waals surface area contributed by atoms with Gasteiger partial charge >= 0.3 is 0 Å². The number of carbonyl (C=O) groups excluding carboxylic acids is 1. The van der Waals surface area contributed by atoms with Crippen molar-refractivity contribution in [1.29, 1.82) is 0 Å². The second kappa shape index (κ2) is 4.96. The lowest BCUT2D eigenvalue weighted by Crippen LogP contribution is -2.44. The molecule has 98 valence electrons. The van der Waals surface area contributed by atoms with Crippen LogP contribution in [0.15, 0.2) is 18.2 Å². The molecule has 1 saturated heterocycles. The average Bonchev–Trinajstić information content (AvgIpc) is 2.74. The molecule has 0 aliphatic carbocycles. The molecule has 1 heterocycles. The highest BCUT2D eigenvalue weighted by atomic mass is 16.3. The molecule has 4 N–H and O–H groups in total. The molecule has 5 heteroatoms. The number of carbonyl (C=O) groups is 1. The van der Waals surface area contributed by atoms with Crippen molar-refractivity contribution < 1.29 is 15.0 Å². The van der Waals surface area contributed by atoms with Crippen LogP contribution in [0.25, 0.3) is 0 Å². The zero-order valence-electron chi connectivity index (χ0n) is 10.4. The van der Waals surface area contributed by atoms with E-state index in [2.05, 4.69) is 10.6 Å². The molecular weight excluding hydrogens is 232 g/mol. The monoisotopic (exact) mass is 250 g/mol. The van der Waals surface area contributed by atoms with Crippen LogP contribution in [-0.2, 0) is 0 Å². The van der Waals surface area contributed by atoms with Gasteiger partial charge in [0.1, 0.15) is 5.75 Å². The molecule has 1 aromatic rings. The normalized spacial score (nSPS) is 23.0. The maximum absolute atomic E-state index is 12.0. The second-order valence-corrected chi connectivity index (χ2v) is 4.83. The first-order valence-electron chi connectivity index (χ1n) is 6.01. The molecule has 2 rings (SSSR count). The zero-order chi connectivity index (χ0) is 13.2. The summed E-state index contributed by atoms with van der Waals surface area (Å²) in [5.41, 5.74) is 0.381. The van der Waals surface area contributed by atoms with Crippen LogP contribution >= 0.6 is 0 Å². The zero-order valence-corrected chi connectivity index (χ0v) is 10.4. The highest BCUT2D eigenvalue weighted by Crippen LogP contribution is 2.16. The molecule has 1 aromatic carbocycles. The average molecular weight is 250 g/mol. The Morgan fingerprint density at radius 1 is 1.56 bits per heavy atom. The molecule has 1 atom stereocenters. The predicted molar refractivity (Wildman–Crippen MR) is 67.6 cm³/mol. The van der Waals surface area contributed by atoms with Crippen molar-refractivity contribution in [2.75, 3.05) is 19.6 Å². The third-order valence-electron chi connectivity index (χ3n) is 3.25. The first-order chi connectivity index (χ1) is 8.50. The molecular formula is C13H18N2O3. The fourth-order valence-corrected chi connectivity index (χ4v) is 2.12. The van der Waals surface area contributed by atoms with Gasteiger partial charge in [-0.1, -0.05) is 0 Å². The smallest absolute Gasteiger partial charge is 0.251 e. The van der Waals surface area contributed by atoms with E-state index in [1.54, 1.807) is 19.1 Å². The summed E-state index contributed by atoms with van der Waals surface area (Å²) < 4.78 is 0. The van der Waals surface area contributed by atoms with Gasteiger partial charge in [-0.25, -0.2) is 0 Å². The number of phenolic OH excluding ortho intramolecular Hbond substituents is 1. The lowest BCUT2D eigenvalue weighted by Gasteiger charge is -2.21. The van der Waals surface area contributed by atoms with E-state index in [1.165, 1.54) is 6.07 Å². The van der Waals surface area contributed by atoms with E-state index in [-0.39, 0.29) is 18.2 Å². The molecule has 1 aliphatic rings. The number of phenols is 1. The quantitative estimate of drug-likeness (QED) is 0.616. The summed E-state index contributed by atoms with van der Waals surface area (Å²) in [7, 11) is 0. The third-order valence-corrected chi connectivity index (χ3v) is 3.25. The van der Waals surface area contributed by atoms with E-state index < -0.39 is 5.60 Å². The fraction of sp³-hybridized carbons (Fsp3) is 0.462. The van der Waals surface area contributed by atoms with Crippen LogP contribution in [0.5, 0.6) is 5.75 Å². The number of benzene rings is 1. The number of hydrogen-bond acceptors (Lipinski definition) is 4. The van der Waals surface area contributed by atoms with Crippen molar-refractivity contribution in [2.24, 2.45) is 0 Å². The van der Waals surface area contributed by atoms with Crippen molar-refractivity contribution in [2.45, 2.75) is 18.9 Å². The van der Waals surface area contributed by atoms with Gasteiger partial charge in [-0.15, -0.1) is 0 Å². The Balaban J connectivity index is 1.99. The highest BCUT2D eigenvalue weighted by Gasteiger charge is 2.31. The van der Waals surface area contributed by atoms with Gasteiger partial charge in [0.15, 0.2) is 0 Å². The fourth-order valence-electron chi connectivity index (χ4n) is 2.12. The Bertz CT molecular complexity index is 454. The van der Waals surface area contributed by atoms with Crippen LogP contribution in [-0.4, -0.2) is 41.4 Å². The van der Waals surface area contributed by atoms with Gasteiger partial charge < -0.3 is 20.8 Å². The predicted octanol–water partition coefficient (Wildman–Crippen LogP) is 0.155. The van der Waals surface area contributed by atoms with Crippen LogP contribution in [0, 0.1) is 6.92 Å². The molecule has 0 bridgehead atoms. The highest BCUT2D eigenvalue weighted by molar-refractivity contribution is 5.95. The molecule has 1 unspecified atom stereocenters. The van der Waals surface area contributed by atoms with Gasteiger partial charge in [-0.2, -0.15) is 0 Å². The summed E-state index contributed by atoms with van der Waals surface area (Å²) in [5.74, 6) is -0.0875. The molecule has 0 spiro atoms. The summed E-state index contributed by atoms with van der Waals surface area (Å²) >= 11 is 0. The Morgan fingerprint density at radius 3 is 2.94 bits per heavy atom. The lowest BCUT2D eigenvalue weighted by atomic mass is 10.0. The molecule has 0 aromatic heterocycles. The summed E-state index contributed by atoms with van der Waals surface area (Å²) in [6.45, 7) is 3.27. The number of aromatic hydroxyl groups is 1. The van der Waals surface area contributed by atoms with Crippen molar-refractivity contribution in [3.63, 3.8) is 0 Å². The Hall–Kier alpha value is -1.59. The molecule has 1 aliphatic heterocycles. The summed E-state index contributed by atoms with van der Waals surface area (Å²) in [4.78, 5) is 12.0. The van der Waals surface area contributed by atoms with Crippen LogP contribution in [0.4, 0.5) is 0 Å². The van der Waals surface area contributed by atoms with Crippen LogP contribution in [0.1, 0.15) is 22.3 Å². The van der Waals surface area contributed by atoms with Crippen molar-refractivity contribution in [3.05, 3.63) is 29.3 Å². The SMILES string of the molecule is Cc1cc(O)ccc1C(=O)NCC1(O)CCNC1. The minimum absolute atomic E-state index is 0.141. The Kier molecular flexibility index (Phi) is 3.54. The summed E-state index contributed by atoms with van der Waals surface area (Å²) in [6.07, 6.45) is 0.641. The topological polar surface area (TPSA) is 81.6 Å². The van der Waals surface area contributed by atoms with Crippen LogP contribution < -0.4 is 10.6 Å². The first-order valence-corrected chi connectivity index (χ1v) is 6.01. The standard InChI is InChI=1S/C13H18N2O3/c1-9-6-10(16)2-3-11(9)12(17)15-8-13(18)4-5-14-7-13/h2-3,6,14,16,18H,4-5,7-8H2,1H3,(H,15,17). The third kappa shape index (κ3) is 2.80. The first kappa shape index (κ1) is 12.9. The number of amides is 1. The molecule has 18 heavy (non-hydrogen) atoms. The van der Waals surface area contributed by atoms with Gasteiger partial charge in [0.2, 0.25) is 0 Å². The molecule has 0 saturated carbocycles. The number of aryl methyl sites for hydroxylation is 1. The van der Waals surface area contributed by atoms with Crippen molar-refractivity contribution in [3.8, 4) is 5.75 Å². The van der Waals surface area contributed by atoms with Crippen LogP contribution in [0.2, 0.25) is 0 Å². The number of β-amino-alcohol motifs (C(OH)–C–C–N with tert-alkyl or cyclic N) is 1. The van der Waals surface area contributed by atoms with E-state index in [4.69, 9.17) is 0 Å². The maximum atomic E-state index is 12.0. The Morgan fingerprint density at radius 2 is 2.33 bits per heavy atom. The van der Waals surface area contributed by atoms with Gasteiger partial charge in [-0.3, -0.25) is 4.79 Å². The largest absolute Gasteiger partial charge is 0.508 e. The molecule has 5 nitrogen and oxygen atoms in total. The number of nitrogens with one attached hydrogen (secondary N) is 2. The van der Waals surface area contributed by atoms with E-state index >= 15 is 0 Å². The second-order valence-electron chi connectivity index (χ2n) is 4.83. The van der Waals surface area contributed by atoms with E-state index in [9.17, 15) is 15.0 Å². The van der Waals surface area contributed by atoms with E-state index in [0.29, 0.717) is 24.1 Å². The van der Waals surface area contributed by atoms with E-state index in [1.807, 2.05) is 0 Å². The molecule has 1 amide bonds. The lowest BCUT2D eigenvalue weighted by molar-refractivity contribution is 0.0561. The van der Waals surface area contributed by atoms with Crippen molar-refractivity contribution >= 4 is 5.91 Å². The molecule has 1 fully saturated rings. The number of aliphatic hydroxyl groups is 1. The van der Waals surface area contributed by atoms with E-state index in [0.717, 1.165) is 6.54 Å². The maximum Gasteiger partial charge on any atom is 0.251 e. The van der Waals surface area contributed by atoms with Gasteiger partial charge in [0, 0.05) is 18.7 Å². The van der Waals surface area contributed by atoms with Crippen molar-refractivity contribution in [1.82, 2.24) is 10.6 Å². The van der Waals surface area contributed by atoms with Gasteiger partial charge in [0.05, 0.1) is 5.60 Å². The number of hydrogen-bond donors (Lipinski definition) is 4. The minimum Gasteiger partial charge on any atom is -0.508 e. The Labute approximate surface area is 106 Å².